The lowest BCUT2D eigenvalue weighted by molar-refractivity contribution is -0.136. The predicted molar refractivity (Wildman–Crippen MR) is 123 cm³/mol. The van der Waals surface area contributed by atoms with Gasteiger partial charge in [-0.15, -0.1) is 0 Å². The van der Waals surface area contributed by atoms with Gasteiger partial charge < -0.3 is 5.11 Å². The van der Waals surface area contributed by atoms with Crippen LogP contribution in [0.3, 0.4) is 0 Å². The van der Waals surface area contributed by atoms with E-state index < -0.39 is 5.97 Å². The third-order valence-corrected chi connectivity index (χ3v) is 5.86. The van der Waals surface area contributed by atoms with Gasteiger partial charge in [-0.05, 0) is 49.6 Å². The Balaban J connectivity index is 1.73. The molecule has 0 unspecified atom stereocenters. The summed E-state index contributed by atoms with van der Waals surface area (Å²) in [5.74, 6) is -1.12. The minimum absolute atomic E-state index is 0.0497. The molecule has 0 aliphatic carbocycles. The van der Waals surface area contributed by atoms with Gasteiger partial charge >= 0.3 is 5.97 Å². The van der Waals surface area contributed by atoms with E-state index in [-0.39, 0.29) is 12.3 Å². The van der Waals surface area contributed by atoms with Crippen molar-refractivity contribution in [2.24, 2.45) is 0 Å². The summed E-state index contributed by atoms with van der Waals surface area (Å²) in [4.78, 5) is 24.1. The van der Waals surface area contributed by atoms with Crippen molar-refractivity contribution in [1.82, 2.24) is 20.2 Å². The molecule has 32 heavy (non-hydrogen) atoms. The largest absolute Gasteiger partial charge is 0.481 e. The van der Waals surface area contributed by atoms with Crippen LogP contribution in [0.25, 0.3) is 16.9 Å². The number of piperidine rings is 1. The van der Waals surface area contributed by atoms with E-state index in [0.29, 0.717) is 16.3 Å². The van der Waals surface area contributed by atoms with E-state index in [1.165, 1.54) is 6.42 Å². The van der Waals surface area contributed by atoms with Gasteiger partial charge in [-0.2, -0.15) is 5.10 Å². The van der Waals surface area contributed by atoms with Crippen molar-refractivity contribution in [3.05, 3.63) is 70.4 Å². The van der Waals surface area contributed by atoms with Crippen molar-refractivity contribution >= 4 is 23.5 Å². The molecule has 0 radical (unpaired) electrons. The van der Waals surface area contributed by atoms with Gasteiger partial charge in [-0.25, -0.2) is 9.69 Å². The summed E-state index contributed by atoms with van der Waals surface area (Å²) in [5, 5.41) is 16.3. The standard InChI is InChI=1S/C24H25ClN4O3/c1-16-22(24(32)27-28-13-3-2-4-14-28)26-29(23(16)18-7-9-19(25)10-8-18)20-11-5-17(6-12-20)15-21(30)31/h5-12H,2-4,13-15H2,1H3,(H,27,32)(H,30,31). The number of aliphatic carboxylic acids is 1. The first-order chi connectivity index (χ1) is 15.4. The van der Waals surface area contributed by atoms with E-state index in [2.05, 4.69) is 10.5 Å². The highest BCUT2D eigenvalue weighted by Crippen LogP contribution is 2.30. The second kappa shape index (κ2) is 9.54. The van der Waals surface area contributed by atoms with Crippen LogP contribution >= 0.6 is 11.6 Å². The highest BCUT2D eigenvalue weighted by molar-refractivity contribution is 6.30. The number of carboxylic acid groups (broad SMARTS) is 1. The Morgan fingerprint density at radius 1 is 1.03 bits per heavy atom. The van der Waals surface area contributed by atoms with Gasteiger partial charge in [0.2, 0.25) is 0 Å². The Morgan fingerprint density at radius 3 is 2.31 bits per heavy atom. The number of carboxylic acids is 1. The number of halogens is 1. The number of hydrogen-bond acceptors (Lipinski definition) is 4. The number of carbonyl (C=O) groups is 2. The molecule has 0 spiro atoms. The van der Waals surface area contributed by atoms with E-state index in [1.807, 2.05) is 36.2 Å². The molecule has 166 valence electrons. The lowest BCUT2D eigenvalue weighted by Crippen LogP contribution is -2.45. The van der Waals surface area contributed by atoms with Crippen molar-refractivity contribution in [2.45, 2.75) is 32.6 Å². The van der Waals surface area contributed by atoms with Gasteiger partial charge in [0.25, 0.3) is 5.91 Å². The maximum absolute atomic E-state index is 13.1. The van der Waals surface area contributed by atoms with Crippen LogP contribution in [0.1, 0.15) is 40.9 Å². The van der Waals surface area contributed by atoms with Gasteiger partial charge in [0.15, 0.2) is 5.69 Å². The fourth-order valence-electron chi connectivity index (χ4n) is 3.98. The third-order valence-electron chi connectivity index (χ3n) is 5.61. The zero-order valence-electron chi connectivity index (χ0n) is 17.8. The number of nitrogens with zero attached hydrogens (tertiary/aromatic N) is 3. The molecule has 2 aromatic carbocycles. The first kappa shape index (κ1) is 22.0. The molecule has 1 fully saturated rings. The fraction of sp³-hybridized carbons (Fsp3) is 0.292. The maximum Gasteiger partial charge on any atom is 0.307 e. The van der Waals surface area contributed by atoms with Gasteiger partial charge in [-0.1, -0.05) is 42.3 Å². The molecule has 4 rings (SSSR count). The van der Waals surface area contributed by atoms with E-state index in [9.17, 15) is 9.59 Å². The number of hydrogen-bond donors (Lipinski definition) is 2. The molecule has 0 bridgehead atoms. The minimum atomic E-state index is -0.883. The van der Waals surface area contributed by atoms with E-state index >= 15 is 0 Å². The molecule has 8 heteroatoms. The molecule has 1 aliphatic heterocycles. The lowest BCUT2D eigenvalue weighted by atomic mass is 10.1. The van der Waals surface area contributed by atoms with Crippen molar-refractivity contribution < 1.29 is 14.7 Å². The molecule has 2 N–H and O–H groups in total. The normalized spacial score (nSPS) is 14.3. The predicted octanol–water partition coefficient (Wildman–Crippen LogP) is 4.26. The van der Waals surface area contributed by atoms with E-state index in [1.54, 1.807) is 28.9 Å². The molecule has 0 saturated carbocycles. The summed E-state index contributed by atoms with van der Waals surface area (Å²) in [6, 6.07) is 14.6. The quantitative estimate of drug-likeness (QED) is 0.583. The summed E-state index contributed by atoms with van der Waals surface area (Å²) in [7, 11) is 0. The van der Waals surface area contributed by atoms with Gasteiger partial charge in [0.1, 0.15) is 0 Å². The summed E-state index contributed by atoms with van der Waals surface area (Å²) >= 11 is 6.08. The van der Waals surface area contributed by atoms with Crippen LogP contribution in [0.2, 0.25) is 5.02 Å². The molecule has 3 aromatic rings. The molecule has 7 nitrogen and oxygen atoms in total. The number of carbonyl (C=O) groups excluding carboxylic acids is 1. The number of aromatic nitrogens is 2. The summed E-state index contributed by atoms with van der Waals surface area (Å²) in [6.45, 7) is 3.55. The number of hydrazine groups is 1. The minimum Gasteiger partial charge on any atom is -0.481 e. The lowest BCUT2D eigenvalue weighted by Gasteiger charge is -2.26. The van der Waals surface area contributed by atoms with Gasteiger partial charge in [0, 0.05) is 29.2 Å². The van der Waals surface area contributed by atoms with Crippen LogP contribution in [0.15, 0.2) is 48.5 Å². The Kier molecular flexibility index (Phi) is 6.58. The first-order valence-electron chi connectivity index (χ1n) is 10.6. The number of benzene rings is 2. The summed E-state index contributed by atoms with van der Waals surface area (Å²) < 4.78 is 1.73. The molecule has 1 aliphatic rings. The Labute approximate surface area is 191 Å². The molecule has 1 aromatic heterocycles. The summed E-state index contributed by atoms with van der Waals surface area (Å²) in [6.07, 6.45) is 3.25. The Morgan fingerprint density at radius 2 is 1.69 bits per heavy atom. The zero-order valence-corrected chi connectivity index (χ0v) is 18.6. The molecule has 2 heterocycles. The first-order valence-corrected chi connectivity index (χ1v) is 11.0. The number of nitrogens with one attached hydrogen (secondary N) is 1. The Bertz CT molecular complexity index is 1120. The highest BCUT2D eigenvalue weighted by atomic mass is 35.5. The van der Waals surface area contributed by atoms with Crippen LogP contribution < -0.4 is 5.43 Å². The SMILES string of the molecule is Cc1c(C(=O)NN2CCCCC2)nn(-c2ccc(CC(=O)O)cc2)c1-c1ccc(Cl)cc1. The van der Waals surface area contributed by atoms with E-state index in [4.69, 9.17) is 16.7 Å². The Hall–Kier alpha value is -3.16. The molecule has 1 saturated heterocycles. The van der Waals surface area contributed by atoms with Crippen molar-refractivity contribution in [3.8, 4) is 16.9 Å². The molecule has 1 amide bonds. The smallest absolute Gasteiger partial charge is 0.307 e. The third kappa shape index (κ3) is 4.84. The fourth-order valence-corrected chi connectivity index (χ4v) is 4.10. The second-order valence-corrected chi connectivity index (χ2v) is 8.40. The number of amides is 1. The van der Waals surface area contributed by atoms with Crippen LogP contribution in [-0.4, -0.2) is 44.9 Å². The average molecular weight is 453 g/mol. The van der Waals surface area contributed by atoms with Crippen LogP contribution in [-0.2, 0) is 11.2 Å². The monoisotopic (exact) mass is 452 g/mol. The zero-order chi connectivity index (χ0) is 22.7. The van der Waals surface area contributed by atoms with Crippen molar-refractivity contribution in [1.29, 1.82) is 0 Å². The van der Waals surface area contributed by atoms with E-state index in [0.717, 1.165) is 48.4 Å². The topological polar surface area (TPSA) is 87.5 Å². The van der Waals surface area contributed by atoms with Gasteiger partial charge in [-0.3, -0.25) is 15.0 Å². The second-order valence-electron chi connectivity index (χ2n) is 7.97. The number of rotatable bonds is 6. The summed E-state index contributed by atoms with van der Waals surface area (Å²) in [5.41, 5.74) is 7.21. The molecular weight excluding hydrogens is 428 g/mol. The van der Waals surface area contributed by atoms with Crippen molar-refractivity contribution in [2.75, 3.05) is 13.1 Å². The molecular formula is C24H25ClN4O3. The van der Waals surface area contributed by atoms with Crippen molar-refractivity contribution in [3.63, 3.8) is 0 Å². The highest BCUT2D eigenvalue weighted by Gasteiger charge is 2.24. The average Bonchev–Trinajstić information content (AvgIpc) is 3.12. The van der Waals surface area contributed by atoms with Crippen LogP contribution in [0.5, 0.6) is 0 Å². The van der Waals surface area contributed by atoms with Gasteiger partial charge in [0.05, 0.1) is 17.8 Å². The van der Waals surface area contributed by atoms with Crippen LogP contribution in [0.4, 0.5) is 0 Å². The van der Waals surface area contributed by atoms with Crippen LogP contribution in [0, 0.1) is 6.92 Å². The maximum atomic E-state index is 13.1. The molecule has 0 atom stereocenters.